The molecule has 5 nitrogen and oxygen atoms in total. The second-order valence-electron chi connectivity index (χ2n) is 6.16. The first-order valence-corrected chi connectivity index (χ1v) is 8.04. The van der Waals surface area contributed by atoms with Crippen molar-refractivity contribution < 1.29 is 4.79 Å². The van der Waals surface area contributed by atoms with Gasteiger partial charge in [0.25, 0.3) is 5.91 Å². The minimum atomic E-state index is -0.127. The lowest BCUT2D eigenvalue weighted by Crippen LogP contribution is -2.39. The summed E-state index contributed by atoms with van der Waals surface area (Å²) in [4.78, 5) is 21.5. The summed E-state index contributed by atoms with van der Waals surface area (Å²) in [7, 11) is 2.05. The molecule has 1 aliphatic rings. The lowest BCUT2D eigenvalue weighted by Gasteiger charge is -2.28. The topological polar surface area (TPSA) is 60.2 Å². The molecule has 2 aromatic rings. The van der Waals surface area contributed by atoms with Crippen molar-refractivity contribution in [3.8, 4) is 6.07 Å². The van der Waals surface area contributed by atoms with Gasteiger partial charge in [-0.25, -0.2) is 4.98 Å². The van der Waals surface area contributed by atoms with Crippen molar-refractivity contribution >= 4 is 17.3 Å². The lowest BCUT2D eigenvalue weighted by atomic mass is 10.1. The highest BCUT2D eigenvalue weighted by Gasteiger charge is 2.29. The van der Waals surface area contributed by atoms with Crippen molar-refractivity contribution in [1.29, 1.82) is 5.26 Å². The van der Waals surface area contributed by atoms with Crippen molar-refractivity contribution in [3.05, 3.63) is 53.3 Å². The molecule has 3 rings (SSSR count). The summed E-state index contributed by atoms with van der Waals surface area (Å²) in [5, 5.41) is 9.04. The fourth-order valence-corrected chi connectivity index (χ4v) is 3.09. The molecule has 0 unspecified atom stereocenters. The van der Waals surface area contributed by atoms with Gasteiger partial charge in [-0.2, -0.15) is 5.26 Å². The number of nitriles is 1. The summed E-state index contributed by atoms with van der Waals surface area (Å²) < 4.78 is 0. The van der Waals surface area contributed by atoms with Crippen LogP contribution >= 0.6 is 0 Å². The largest absolute Gasteiger partial charge is 0.373 e. The first-order valence-electron chi connectivity index (χ1n) is 8.04. The Morgan fingerprint density at radius 1 is 1.25 bits per heavy atom. The molecule has 0 aliphatic carbocycles. The van der Waals surface area contributed by atoms with E-state index in [4.69, 9.17) is 5.26 Å². The van der Waals surface area contributed by atoms with Crippen LogP contribution in [0.25, 0.3) is 0 Å². The highest BCUT2D eigenvalue weighted by atomic mass is 16.2. The number of amides is 1. The minimum Gasteiger partial charge on any atom is -0.373 e. The first-order chi connectivity index (χ1) is 11.5. The Morgan fingerprint density at radius 2 is 1.96 bits per heavy atom. The average molecular weight is 320 g/mol. The normalized spacial score (nSPS) is 17.0. The van der Waals surface area contributed by atoms with Gasteiger partial charge in [-0.15, -0.1) is 0 Å². The molecule has 0 fully saturated rings. The summed E-state index contributed by atoms with van der Waals surface area (Å²) in [6.45, 7) is 4.70. The molecule has 0 spiro atoms. The van der Waals surface area contributed by atoms with Gasteiger partial charge < -0.3 is 9.80 Å². The number of fused-ring (bicyclic) bond motifs is 1. The van der Waals surface area contributed by atoms with Gasteiger partial charge in [-0.3, -0.25) is 4.79 Å². The molecule has 0 saturated heterocycles. The number of hydrogen-bond acceptors (Lipinski definition) is 4. The van der Waals surface area contributed by atoms with E-state index < -0.39 is 0 Å². The third-order valence-electron chi connectivity index (χ3n) is 4.52. The summed E-state index contributed by atoms with van der Waals surface area (Å²) in [6, 6.07) is 13.4. The van der Waals surface area contributed by atoms with Crippen LogP contribution in [-0.2, 0) is 0 Å². The Kier molecular flexibility index (Phi) is 4.22. The Balaban J connectivity index is 2.06. The molecular weight excluding hydrogens is 300 g/mol. The quantitative estimate of drug-likeness (QED) is 0.810. The number of aromatic nitrogens is 1. The van der Waals surface area contributed by atoms with E-state index in [1.165, 1.54) is 0 Å². The summed E-state index contributed by atoms with van der Waals surface area (Å²) in [5.41, 5.74) is 3.39. The van der Waals surface area contributed by atoms with Crippen LogP contribution in [0.2, 0.25) is 0 Å². The van der Waals surface area contributed by atoms with Crippen molar-refractivity contribution in [1.82, 2.24) is 4.98 Å². The van der Waals surface area contributed by atoms with Crippen molar-refractivity contribution in [2.24, 2.45) is 0 Å². The van der Waals surface area contributed by atoms with E-state index in [0.717, 1.165) is 24.3 Å². The predicted octanol–water partition coefficient (Wildman–Crippen LogP) is 3.14. The predicted molar refractivity (Wildman–Crippen MR) is 94.3 cm³/mol. The lowest BCUT2D eigenvalue weighted by molar-refractivity contribution is 0.0973. The van der Waals surface area contributed by atoms with E-state index in [-0.39, 0.29) is 11.9 Å². The Hall–Kier alpha value is -2.87. The molecule has 0 saturated carbocycles. The third kappa shape index (κ3) is 2.71. The maximum atomic E-state index is 13.1. The number of aryl methyl sites for hydroxylation is 1. The van der Waals surface area contributed by atoms with Crippen molar-refractivity contribution in [2.75, 3.05) is 23.4 Å². The van der Waals surface area contributed by atoms with Crippen LogP contribution in [0.1, 0.15) is 35.1 Å². The van der Waals surface area contributed by atoms with E-state index in [1.807, 2.05) is 36.2 Å². The van der Waals surface area contributed by atoms with Gasteiger partial charge in [0.05, 0.1) is 22.6 Å². The Morgan fingerprint density at radius 3 is 2.62 bits per heavy atom. The highest BCUT2D eigenvalue weighted by molar-refractivity contribution is 6.07. The van der Waals surface area contributed by atoms with Crippen LogP contribution in [0.3, 0.4) is 0 Å². The van der Waals surface area contributed by atoms with Crippen LogP contribution in [0.15, 0.2) is 36.4 Å². The number of benzene rings is 1. The molecule has 0 bridgehead atoms. The number of hydrogen-bond donors (Lipinski definition) is 0. The van der Waals surface area contributed by atoms with E-state index in [1.54, 1.807) is 19.1 Å². The second kappa shape index (κ2) is 6.32. The molecule has 5 heteroatoms. The standard InChI is InChI=1S/C19H20N4O/c1-13-10-11-22(3)17-6-4-5-7-18(17)23(13)19(24)16-9-8-15(12-20)14(2)21-16/h4-9,13H,10-11H2,1-3H3/t13-/m1/s1. The van der Waals surface area contributed by atoms with Crippen molar-refractivity contribution in [2.45, 2.75) is 26.3 Å². The van der Waals surface area contributed by atoms with Gasteiger partial charge >= 0.3 is 0 Å². The van der Waals surface area contributed by atoms with Crippen LogP contribution < -0.4 is 9.80 Å². The number of para-hydroxylation sites is 2. The van der Waals surface area contributed by atoms with Gasteiger partial charge in [0, 0.05) is 19.6 Å². The van der Waals surface area contributed by atoms with Gasteiger partial charge in [-0.1, -0.05) is 12.1 Å². The number of carbonyl (C=O) groups is 1. The van der Waals surface area contributed by atoms with E-state index >= 15 is 0 Å². The van der Waals surface area contributed by atoms with Gasteiger partial charge in [0.15, 0.2) is 0 Å². The van der Waals surface area contributed by atoms with Gasteiger partial charge in [0.2, 0.25) is 0 Å². The monoisotopic (exact) mass is 320 g/mol. The van der Waals surface area contributed by atoms with E-state index in [2.05, 4.69) is 22.9 Å². The smallest absolute Gasteiger partial charge is 0.277 e. The molecule has 1 aliphatic heterocycles. The molecule has 1 aromatic heterocycles. The number of rotatable bonds is 1. The van der Waals surface area contributed by atoms with Crippen LogP contribution in [-0.4, -0.2) is 30.5 Å². The fraction of sp³-hybridized carbons (Fsp3) is 0.316. The van der Waals surface area contributed by atoms with E-state index in [9.17, 15) is 4.79 Å². The molecule has 0 N–H and O–H groups in total. The summed E-state index contributed by atoms with van der Waals surface area (Å²) in [6.07, 6.45) is 0.881. The number of carbonyl (C=O) groups excluding carboxylic acids is 1. The third-order valence-corrected chi connectivity index (χ3v) is 4.52. The summed E-state index contributed by atoms with van der Waals surface area (Å²) in [5.74, 6) is -0.127. The zero-order valence-electron chi connectivity index (χ0n) is 14.2. The Labute approximate surface area is 142 Å². The zero-order valence-corrected chi connectivity index (χ0v) is 14.2. The maximum absolute atomic E-state index is 13.1. The Bertz CT molecular complexity index is 824. The van der Waals surface area contributed by atoms with E-state index in [0.29, 0.717) is 17.0 Å². The first kappa shape index (κ1) is 16.0. The molecule has 0 radical (unpaired) electrons. The van der Waals surface area contributed by atoms with Crippen molar-refractivity contribution in [3.63, 3.8) is 0 Å². The SMILES string of the molecule is Cc1nc(C(=O)N2c3ccccc3N(C)CC[C@H]2C)ccc1C#N. The maximum Gasteiger partial charge on any atom is 0.277 e. The fourth-order valence-electron chi connectivity index (χ4n) is 3.09. The van der Waals surface area contributed by atoms with Crippen LogP contribution in [0.4, 0.5) is 11.4 Å². The van der Waals surface area contributed by atoms with Gasteiger partial charge in [-0.05, 0) is 44.5 Å². The molecular formula is C19H20N4O. The highest BCUT2D eigenvalue weighted by Crippen LogP contribution is 2.34. The molecule has 1 aromatic carbocycles. The number of anilines is 2. The van der Waals surface area contributed by atoms with Crippen LogP contribution in [0.5, 0.6) is 0 Å². The van der Waals surface area contributed by atoms with Gasteiger partial charge in [0.1, 0.15) is 11.8 Å². The molecule has 24 heavy (non-hydrogen) atoms. The minimum absolute atomic E-state index is 0.0707. The number of nitrogens with zero attached hydrogens (tertiary/aromatic N) is 4. The molecule has 1 atom stereocenters. The molecule has 1 amide bonds. The molecule has 122 valence electrons. The molecule has 2 heterocycles. The zero-order chi connectivity index (χ0) is 17.3. The number of pyridine rings is 1. The summed E-state index contributed by atoms with van der Waals surface area (Å²) >= 11 is 0. The second-order valence-corrected chi connectivity index (χ2v) is 6.16. The average Bonchev–Trinajstić information content (AvgIpc) is 2.71. The van der Waals surface area contributed by atoms with Crippen LogP contribution in [0, 0.1) is 18.3 Å².